The van der Waals surface area contributed by atoms with Crippen LogP contribution in [0.3, 0.4) is 0 Å². The first-order valence-corrected chi connectivity index (χ1v) is 5.00. The largest absolute Gasteiger partial charge is 0.391 e. The highest BCUT2D eigenvalue weighted by Gasteiger charge is 2.19. The van der Waals surface area contributed by atoms with Gasteiger partial charge >= 0.3 is 0 Å². The number of piperidine rings is 1. The van der Waals surface area contributed by atoms with Crippen molar-refractivity contribution in [1.82, 2.24) is 4.90 Å². The van der Waals surface area contributed by atoms with Gasteiger partial charge in [-0.25, -0.2) is 0 Å². The van der Waals surface area contributed by atoms with Crippen LogP contribution in [0.5, 0.6) is 0 Å². The first-order chi connectivity index (χ1) is 6.74. The van der Waals surface area contributed by atoms with Crippen LogP contribution < -0.4 is 0 Å². The van der Waals surface area contributed by atoms with Gasteiger partial charge in [-0.2, -0.15) is 0 Å². The van der Waals surface area contributed by atoms with Gasteiger partial charge in [0.1, 0.15) is 0 Å². The number of likely N-dealkylation sites (tertiary alicyclic amines) is 1. The minimum atomic E-state index is -0.345. The fraction of sp³-hybridized carbons (Fsp3) is 0.545. The van der Waals surface area contributed by atoms with Crippen LogP contribution in [0, 0.1) is 0 Å². The Hall–Kier alpha value is -1.09. The van der Waals surface area contributed by atoms with Gasteiger partial charge in [-0.15, -0.1) is 0 Å². The second kappa shape index (κ2) is 5.60. The van der Waals surface area contributed by atoms with Gasteiger partial charge in [0.05, 0.1) is 6.10 Å². The Labute approximate surface area is 84.7 Å². The predicted octanol–water partition coefficient (Wildman–Crippen LogP) is 1.10. The van der Waals surface area contributed by atoms with E-state index < -0.39 is 0 Å². The van der Waals surface area contributed by atoms with E-state index in [4.69, 9.17) is 0 Å². The zero-order chi connectivity index (χ0) is 10.4. The summed E-state index contributed by atoms with van der Waals surface area (Å²) >= 11 is 0. The number of aliphatic hydroxyl groups is 1. The number of rotatable bonds is 2. The fourth-order valence-corrected chi connectivity index (χ4v) is 1.51. The topological polar surface area (TPSA) is 40.5 Å². The van der Waals surface area contributed by atoms with E-state index in [1.54, 1.807) is 11.0 Å². The van der Waals surface area contributed by atoms with Gasteiger partial charge < -0.3 is 10.0 Å². The quantitative estimate of drug-likeness (QED) is 0.529. The molecule has 1 atom stereocenters. The van der Waals surface area contributed by atoms with E-state index in [1.165, 1.54) is 6.08 Å². The molecule has 0 aromatic heterocycles. The van der Waals surface area contributed by atoms with E-state index >= 15 is 0 Å². The van der Waals surface area contributed by atoms with E-state index in [-0.39, 0.29) is 12.0 Å². The zero-order valence-electron chi connectivity index (χ0n) is 8.52. The van der Waals surface area contributed by atoms with Crippen LogP contribution in [0.1, 0.15) is 19.8 Å². The number of allylic oxidation sites excluding steroid dienone is 3. The number of hydrogen-bond donors (Lipinski definition) is 1. The maximum absolute atomic E-state index is 11.5. The molecule has 1 saturated heterocycles. The molecule has 0 radical (unpaired) electrons. The normalized spacial score (nSPS) is 23.6. The molecule has 0 aliphatic carbocycles. The van der Waals surface area contributed by atoms with Gasteiger partial charge in [0.2, 0.25) is 5.91 Å². The predicted molar refractivity (Wildman–Crippen MR) is 55.8 cm³/mol. The third kappa shape index (κ3) is 3.34. The number of hydrogen-bond acceptors (Lipinski definition) is 2. The molecular weight excluding hydrogens is 178 g/mol. The third-order valence-corrected chi connectivity index (χ3v) is 2.25. The molecule has 0 saturated carbocycles. The smallest absolute Gasteiger partial charge is 0.246 e. The maximum atomic E-state index is 11.5. The first-order valence-electron chi connectivity index (χ1n) is 5.00. The standard InChI is InChI=1S/C11H17NO2/c1-2-3-4-7-11(14)12-8-5-6-10(13)9-12/h2-4,7,10,13H,5-6,8-9H2,1H3/b3-2+,7-4+/t10-/m0/s1. The second-order valence-electron chi connectivity index (χ2n) is 3.47. The lowest BCUT2D eigenvalue weighted by Crippen LogP contribution is -2.41. The molecule has 1 aliphatic rings. The number of nitrogens with zero attached hydrogens (tertiary/aromatic N) is 1. The molecule has 1 heterocycles. The van der Waals surface area contributed by atoms with Crippen molar-refractivity contribution in [3.63, 3.8) is 0 Å². The molecule has 0 aromatic rings. The fourth-order valence-electron chi connectivity index (χ4n) is 1.51. The average Bonchev–Trinajstić information content (AvgIpc) is 2.18. The highest BCUT2D eigenvalue weighted by atomic mass is 16.3. The monoisotopic (exact) mass is 195 g/mol. The van der Waals surface area contributed by atoms with Crippen molar-refractivity contribution in [2.24, 2.45) is 0 Å². The summed E-state index contributed by atoms with van der Waals surface area (Å²) in [7, 11) is 0. The van der Waals surface area contributed by atoms with Crippen LogP contribution in [-0.2, 0) is 4.79 Å². The van der Waals surface area contributed by atoms with E-state index in [0.717, 1.165) is 19.4 Å². The van der Waals surface area contributed by atoms with Gasteiger partial charge in [-0.05, 0) is 19.8 Å². The summed E-state index contributed by atoms with van der Waals surface area (Å²) in [6.45, 7) is 3.13. The van der Waals surface area contributed by atoms with Crippen molar-refractivity contribution in [3.05, 3.63) is 24.3 Å². The van der Waals surface area contributed by atoms with Crippen LogP contribution in [0.2, 0.25) is 0 Å². The van der Waals surface area contributed by atoms with Crippen molar-refractivity contribution in [2.75, 3.05) is 13.1 Å². The molecule has 1 N–H and O–H groups in total. The summed E-state index contributed by atoms with van der Waals surface area (Å²) in [6, 6.07) is 0. The van der Waals surface area contributed by atoms with Gasteiger partial charge in [0.25, 0.3) is 0 Å². The van der Waals surface area contributed by atoms with E-state index in [0.29, 0.717) is 6.54 Å². The lowest BCUT2D eigenvalue weighted by molar-refractivity contribution is -0.128. The summed E-state index contributed by atoms with van der Waals surface area (Å²) in [5.41, 5.74) is 0. The number of amides is 1. The van der Waals surface area contributed by atoms with Crippen molar-refractivity contribution in [2.45, 2.75) is 25.9 Å². The van der Waals surface area contributed by atoms with Gasteiger partial charge in [0, 0.05) is 19.2 Å². The molecule has 0 aromatic carbocycles. The molecule has 0 spiro atoms. The Balaban J connectivity index is 2.43. The molecule has 3 nitrogen and oxygen atoms in total. The second-order valence-corrected chi connectivity index (χ2v) is 3.47. The number of aliphatic hydroxyl groups excluding tert-OH is 1. The number of β-amino-alcohol motifs (C(OH)–C–C–N with tert-alkyl or cyclic N) is 1. The summed E-state index contributed by atoms with van der Waals surface area (Å²) in [5.74, 6) is -0.0122. The van der Waals surface area contributed by atoms with E-state index in [9.17, 15) is 9.90 Å². The molecule has 0 unspecified atom stereocenters. The van der Waals surface area contributed by atoms with Crippen molar-refractivity contribution < 1.29 is 9.90 Å². The molecule has 14 heavy (non-hydrogen) atoms. The summed E-state index contributed by atoms with van der Waals surface area (Å²) in [6.07, 6.45) is 8.31. The molecule has 1 fully saturated rings. The SMILES string of the molecule is C/C=C/C=C/C(=O)N1CCC[C@H](O)C1. The van der Waals surface area contributed by atoms with E-state index in [2.05, 4.69) is 0 Å². The minimum Gasteiger partial charge on any atom is -0.391 e. The zero-order valence-corrected chi connectivity index (χ0v) is 8.52. The van der Waals surface area contributed by atoms with Gasteiger partial charge in [-0.1, -0.05) is 18.2 Å². The van der Waals surface area contributed by atoms with Gasteiger partial charge in [-0.3, -0.25) is 4.79 Å². The van der Waals surface area contributed by atoms with Crippen molar-refractivity contribution in [3.8, 4) is 0 Å². The molecule has 0 bridgehead atoms. The Morgan fingerprint density at radius 2 is 2.29 bits per heavy atom. The molecule has 3 heteroatoms. The summed E-state index contributed by atoms with van der Waals surface area (Å²) < 4.78 is 0. The average molecular weight is 195 g/mol. The molecule has 1 rings (SSSR count). The van der Waals surface area contributed by atoms with E-state index in [1.807, 2.05) is 19.1 Å². The Morgan fingerprint density at radius 1 is 1.50 bits per heavy atom. The summed E-state index contributed by atoms with van der Waals surface area (Å²) in [4.78, 5) is 13.2. The highest BCUT2D eigenvalue weighted by molar-refractivity contribution is 5.87. The van der Waals surface area contributed by atoms with Gasteiger partial charge in [0.15, 0.2) is 0 Å². The minimum absolute atomic E-state index is 0.0122. The van der Waals surface area contributed by atoms with Crippen LogP contribution in [0.15, 0.2) is 24.3 Å². The molecule has 1 amide bonds. The lowest BCUT2D eigenvalue weighted by Gasteiger charge is -2.29. The van der Waals surface area contributed by atoms with Crippen LogP contribution >= 0.6 is 0 Å². The molecule has 78 valence electrons. The molecule has 1 aliphatic heterocycles. The Kier molecular flexibility index (Phi) is 4.40. The number of carbonyl (C=O) groups excluding carboxylic acids is 1. The Morgan fingerprint density at radius 3 is 2.93 bits per heavy atom. The van der Waals surface area contributed by atoms with Crippen molar-refractivity contribution >= 4 is 5.91 Å². The third-order valence-electron chi connectivity index (χ3n) is 2.25. The Bertz CT molecular complexity index is 246. The summed E-state index contributed by atoms with van der Waals surface area (Å²) in [5, 5.41) is 9.37. The molecular formula is C11H17NO2. The lowest BCUT2D eigenvalue weighted by atomic mass is 10.1. The van der Waals surface area contributed by atoms with Crippen LogP contribution in [-0.4, -0.2) is 35.1 Å². The van der Waals surface area contributed by atoms with Crippen LogP contribution in [0.4, 0.5) is 0 Å². The van der Waals surface area contributed by atoms with Crippen LogP contribution in [0.25, 0.3) is 0 Å². The highest BCUT2D eigenvalue weighted by Crippen LogP contribution is 2.09. The number of carbonyl (C=O) groups is 1. The first kappa shape index (κ1) is 11.0. The van der Waals surface area contributed by atoms with Crippen molar-refractivity contribution in [1.29, 1.82) is 0 Å². The maximum Gasteiger partial charge on any atom is 0.246 e.